The number of halogens is 3. The van der Waals surface area contributed by atoms with Crippen molar-refractivity contribution in [2.75, 3.05) is 0 Å². The van der Waals surface area contributed by atoms with E-state index in [1.807, 2.05) is 20.8 Å². The van der Waals surface area contributed by atoms with Gasteiger partial charge in [0.05, 0.1) is 16.9 Å². The highest BCUT2D eigenvalue weighted by molar-refractivity contribution is 6.00. The second-order valence-corrected chi connectivity index (χ2v) is 11.4. The SMILES string of the molecule is CCC(=O)CC1CCC(Cc2cc(-n3nc(C(F)(F)F)c4c3CC(C)(C)CC4=O)ccc2C(N)=O)CC1. The van der Waals surface area contributed by atoms with Gasteiger partial charge in [-0.05, 0) is 79.5 Å². The second-order valence-electron chi connectivity index (χ2n) is 11.4. The molecule has 1 aromatic carbocycles. The van der Waals surface area contributed by atoms with Gasteiger partial charge in [-0.25, -0.2) is 4.68 Å². The second kappa shape index (κ2) is 10.1. The molecular weight excluding hydrogens is 483 g/mol. The largest absolute Gasteiger partial charge is 0.435 e. The lowest BCUT2D eigenvalue weighted by molar-refractivity contribution is -0.141. The highest BCUT2D eigenvalue weighted by Gasteiger charge is 2.45. The number of carbonyl (C=O) groups excluding carboxylic acids is 3. The number of nitrogens with two attached hydrogens (primary N) is 1. The van der Waals surface area contributed by atoms with Gasteiger partial charge in [-0.2, -0.15) is 18.3 Å². The van der Waals surface area contributed by atoms with Gasteiger partial charge in [0.2, 0.25) is 5.91 Å². The smallest absolute Gasteiger partial charge is 0.366 e. The summed E-state index contributed by atoms with van der Waals surface area (Å²) < 4.78 is 42.8. The van der Waals surface area contributed by atoms with E-state index in [0.29, 0.717) is 42.0 Å². The first-order valence-electron chi connectivity index (χ1n) is 13.0. The summed E-state index contributed by atoms with van der Waals surface area (Å²) in [5, 5.41) is 3.88. The van der Waals surface area contributed by atoms with Crippen molar-refractivity contribution in [3.63, 3.8) is 0 Å². The van der Waals surface area contributed by atoms with Crippen LogP contribution in [-0.4, -0.2) is 27.3 Å². The van der Waals surface area contributed by atoms with Crippen LogP contribution < -0.4 is 5.73 Å². The van der Waals surface area contributed by atoms with Crippen LogP contribution in [0.15, 0.2) is 18.2 Å². The zero-order valence-electron chi connectivity index (χ0n) is 21.6. The number of rotatable bonds is 7. The van der Waals surface area contributed by atoms with Gasteiger partial charge >= 0.3 is 6.18 Å². The number of ketones is 2. The van der Waals surface area contributed by atoms with Crippen LogP contribution in [0.1, 0.15) is 103 Å². The van der Waals surface area contributed by atoms with E-state index in [0.717, 1.165) is 25.7 Å². The predicted octanol–water partition coefficient (Wildman–Crippen LogP) is 5.86. The Labute approximate surface area is 214 Å². The summed E-state index contributed by atoms with van der Waals surface area (Å²) in [6, 6.07) is 4.76. The molecule has 2 N–H and O–H groups in total. The molecule has 1 amide bonds. The Kier molecular flexibility index (Phi) is 7.36. The van der Waals surface area contributed by atoms with Gasteiger partial charge in [-0.3, -0.25) is 14.4 Å². The van der Waals surface area contributed by atoms with E-state index in [4.69, 9.17) is 5.73 Å². The number of hydrogen-bond donors (Lipinski definition) is 1. The number of hydrogen-bond acceptors (Lipinski definition) is 4. The minimum absolute atomic E-state index is 0.0210. The van der Waals surface area contributed by atoms with Crippen LogP contribution in [0.25, 0.3) is 5.69 Å². The molecule has 0 bridgehead atoms. The van der Waals surface area contributed by atoms with Crippen molar-refractivity contribution in [3.05, 3.63) is 46.3 Å². The number of primary amides is 1. The van der Waals surface area contributed by atoms with Crippen LogP contribution in [0.5, 0.6) is 0 Å². The summed E-state index contributed by atoms with van der Waals surface area (Å²) >= 11 is 0. The van der Waals surface area contributed by atoms with E-state index in [-0.39, 0.29) is 35.8 Å². The van der Waals surface area contributed by atoms with Gasteiger partial charge in [0, 0.05) is 24.8 Å². The molecule has 0 spiro atoms. The number of carbonyl (C=O) groups is 3. The Morgan fingerprint density at radius 3 is 2.35 bits per heavy atom. The number of nitrogens with zero attached hydrogens (tertiary/aromatic N) is 2. The molecule has 2 aliphatic carbocycles. The Morgan fingerprint density at radius 2 is 1.76 bits per heavy atom. The number of fused-ring (bicyclic) bond motifs is 1. The first-order chi connectivity index (χ1) is 17.3. The zero-order chi connectivity index (χ0) is 27.1. The molecule has 0 aliphatic heterocycles. The maximum atomic E-state index is 13.9. The lowest BCUT2D eigenvalue weighted by Crippen LogP contribution is -2.29. The summed E-state index contributed by atoms with van der Waals surface area (Å²) in [4.78, 5) is 36.8. The fourth-order valence-electron chi connectivity index (χ4n) is 5.90. The van der Waals surface area contributed by atoms with Crippen molar-refractivity contribution in [2.24, 2.45) is 23.0 Å². The first kappa shape index (κ1) is 27.1. The minimum atomic E-state index is -4.76. The Bertz CT molecular complexity index is 1220. The van der Waals surface area contributed by atoms with Crippen LogP contribution in [0.4, 0.5) is 13.2 Å². The Morgan fingerprint density at radius 1 is 1.11 bits per heavy atom. The van der Waals surface area contributed by atoms with Crippen LogP contribution >= 0.6 is 0 Å². The average Bonchev–Trinajstić information content (AvgIpc) is 3.19. The topological polar surface area (TPSA) is 95.1 Å². The summed E-state index contributed by atoms with van der Waals surface area (Å²) in [5.41, 5.74) is 5.23. The van der Waals surface area contributed by atoms with Crippen molar-refractivity contribution in [1.82, 2.24) is 9.78 Å². The minimum Gasteiger partial charge on any atom is -0.366 e. The maximum Gasteiger partial charge on any atom is 0.435 e. The fourth-order valence-corrected chi connectivity index (χ4v) is 5.90. The fraction of sp³-hybridized carbons (Fsp3) is 0.571. The van der Waals surface area contributed by atoms with Gasteiger partial charge in [0.15, 0.2) is 11.5 Å². The molecule has 1 saturated carbocycles. The molecule has 2 aromatic rings. The van der Waals surface area contributed by atoms with E-state index in [2.05, 4.69) is 5.10 Å². The van der Waals surface area contributed by atoms with Gasteiger partial charge < -0.3 is 5.73 Å². The molecule has 1 heterocycles. The van der Waals surface area contributed by atoms with E-state index < -0.39 is 29.0 Å². The van der Waals surface area contributed by atoms with E-state index in [1.165, 1.54) is 16.8 Å². The van der Waals surface area contributed by atoms with E-state index in [1.54, 1.807) is 6.07 Å². The van der Waals surface area contributed by atoms with E-state index in [9.17, 15) is 27.6 Å². The summed E-state index contributed by atoms with van der Waals surface area (Å²) in [6.07, 6.45) is 0.904. The molecule has 4 rings (SSSR count). The lowest BCUT2D eigenvalue weighted by atomic mass is 9.75. The van der Waals surface area contributed by atoms with Crippen molar-refractivity contribution in [2.45, 2.75) is 84.7 Å². The molecule has 9 heteroatoms. The van der Waals surface area contributed by atoms with Gasteiger partial charge in [0.1, 0.15) is 5.78 Å². The molecule has 0 unspecified atom stereocenters. The summed E-state index contributed by atoms with van der Waals surface area (Å²) in [5.74, 6) is -0.229. The highest BCUT2D eigenvalue weighted by Crippen LogP contribution is 2.42. The molecule has 2 aliphatic rings. The third-order valence-corrected chi connectivity index (χ3v) is 7.80. The lowest BCUT2D eigenvalue weighted by Gasteiger charge is -2.29. The molecule has 0 saturated heterocycles. The normalized spacial score (nSPS) is 21.5. The van der Waals surface area contributed by atoms with Crippen LogP contribution in [0, 0.1) is 17.3 Å². The van der Waals surface area contributed by atoms with Crippen LogP contribution in [0.3, 0.4) is 0 Å². The van der Waals surface area contributed by atoms with Crippen molar-refractivity contribution in [1.29, 1.82) is 0 Å². The van der Waals surface area contributed by atoms with Crippen molar-refractivity contribution in [3.8, 4) is 5.69 Å². The van der Waals surface area contributed by atoms with Gasteiger partial charge in [-0.1, -0.05) is 20.8 Å². The molecule has 0 atom stereocenters. The van der Waals surface area contributed by atoms with Gasteiger partial charge in [-0.15, -0.1) is 0 Å². The molecule has 1 fully saturated rings. The molecular formula is C28H34F3N3O3. The third-order valence-electron chi connectivity index (χ3n) is 7.80. The number of benzene rings is 1. The number of Topliss-reactive ketones (excluding diaryl/α,β-unsaturated/α-hetero) is 2. The summed E-state index contributed by atoms with van der Waals surface area (Å²) in [7, 11) is 0. The van der Waals surface area contributed by atoms with Gasteiger partial charge in [0.25, 0.3) is 0 Å². The molecule has 200 valence electrons. The zero-order valence-corrected chi connectivity index (χ0v) is 21.6. The predicted molar refractivity (Wildman–Crippen MR) is 133 cm³/mol. The number of amides is 1. The molecule has 6 nitrogen and oxygen atoms in total. The number of aromatic nitrogens is 2. The maximum absolute atomic E-state index is 13.9. The standard InChI is InChI=1S/C28H34F3N3O3/c1-4-20(35)12-17-7-5-16(6-8-17)11-18-13-19(9-10-21(18)26(32)37)34-22-14-27(2,3)15-23(36)24(22)25(33-34)28(29,30)31/h9-10,13,16-17H,4-8,11-12,14-15H2,1-3H3,(H2,32,37). The molecule has 37 heavy (non-hydrogen) atoms. The Balaban J connectivity index is 1.68. The first-order valence-corrected chi connectivity index (χ1v) is 13.0. The van der Waals surface area contributed by atoms with Crippen molar-refractivity contribution >= 4 is 17.5 Å². The van der Waals surface area contributed by atoms with Crippen molar-refractivity contribution < 1.29 is 27.6 Å². The van der Waals surface area contributed by atoms with E-state index >= 15 is 0 Å². The highest BCUT2D eigenvalue weighted by atomic mass is 19.4. The quantitative estimate of drug-likeness (QED) is 0.497. The molecule has 1 aromatic heterocycles. The van der Waals surface area contributed by atoms with Crippen LogP contribution in [0.2, 0.25) is 0 Å². The monoisotopic (exact) mass is 517 g/mol. The average molecular weight is 518 g/mol. The van der Waals surface area contributed by atoms with Crippen LogP contribution in [-0.2, 0) is 23.8 Å². The molecule has 0 radical (unpaired) electrons. The third kappa shape index (κ3) is 5.80. The number of alkyl halides is 3. The Hall–Kier alpha value is -2.97. The summed E-state index contributed by atoms with van der Waals surface area (Å²) in [6.45, 7) is 5.58.